The second-order valence-electron chi connectivity index (χ2n) is 6.42. The molecule has 1 fully saturated rings. The minimum atomic E-state index is -3.31. The first kappa shape index (κ1) is 19.5. The standard InChI is InChI=1S/C19H18F2N4O3/c20-19(21)11-25(18(27)10-26)6-4-16(19)28-15-2-1-12(7-14(15)9-22)13-3-5-24-17(23)8-13/h1-3,5,7-8,16,26H,4,6,10-11H2,(H2,23,24). The Morgan fingerprint density at radius 3 is 2.79 bits per heavy atom. The van der Waals surface area contributed by atoms with Gasteiger partial charge in [0, 0.05) is 19.2 Å². The summed E-state index contributed by atoms with van der Waals surface area (Å²) in [7, 11) is 0. The molecule has 1 aliphatic rings. The molecular formula is C19H18F2N4O3. The number of piperidine rings is 1. The fourth-order valence-electron chi connectivity index (χ4n) is 3.06. The largest absolute Gasteiger partial charge is 0.483 e. The van der Waals surface area contributed by atoms with E-state index in [1.807, 2.05) is 6.07 Å². The number of rotatable bonds is 4. The van der Waals surface area contributed by atoms with Crippen LogP contribution in [0, 0.1) is 11.3 Å². The van der Waals surface area contributed by atoms with Crippen LogP contribution in [0.15, 0.2) is 36.5 Å². The van der Waals surface area contributed by atoms with Crippen molar-refractivity contribution in [3.8, 4) is 22.9 Å². The number of pyridine rings is 1. The number of aromatic nitrogens is 1. The Morgan fingerprint density at radius 1 is 1.39 bits per heavy atom. The van der Waals surface area contributed by atoms with Crippen LogP contribution in [0.4, 0.5) is 14.6 Å². The molecule has 146 valence electrons. The molecule has 9 heteroatoms. The fourth-order valence-corrected chi connectivity index (χ4v) is 3.06. The van der Waals surface area contributed by atoms with E-state index in [-0.39, 0.29) is 24.3 Å². The van der Waals surface area contributed by atoms with Crippen LogP contribution in [0.2, 0.25) is 0 Å². The first-order chi connectivity index (χ1) is 13.3. The van der Waals surface area contributed by atoms with Crippen LogP contribution in [-0.2, 0) is 4.79 Å². The number of nitrogens with zero attached hydrogens (tertiary/aromatic N) is 3. The van der Waals surface area contributed by atoms with E-state index in [0.717, 1.165) is 10.5 Å². The molecule has 3 N–H and O–H groups in total. The van der Waals surface area contributed by atoms with Gasteiger partial charge in [-0.1, -0.05) is 6.07 Å². The number of carbonyl (C=O) groups is 1. The molecule has 1 atom stereocenters. The summed E-state index contributed by atoms with van der Waals surface area (Å²) >= 11 is 0. The van der Waals surface area contributed by atoms with E-state index in [9.17, 15) is 18.8 Å². The number of hydrogen-bond acceptors (Lipinski definition) is 6. The van der Waals surface area contributed by atoms with E-state index in [2.05, 4.69) is 4.98 Å². The third kappa shape index (κ3) is 4.02. The number of aliphatic hydroxyl groups excluding tert-OH is 1. The summed E-state index contributed by atoms with van der Waals surface area (Å²) in [6, 6.07) is 9.96. The van der Waals surface area contributed by atoms with Crippen LogP contribution in [-0.4, -0.2) is 52.6 Å². The molecule has 3 rings (SSSR count). The lowest BCUT2D eigenvalue weighted by molar-refractivity contribution is -0.161. The minimum Gasteiger partial charge on any atom is -0.483 e. The molecule has 0 aliphatic carbocycles. The summed E-state index contributed by atoms with van der Waals surface area (Å²) in [4.78, 5) is 16.3. The van der Waals surface area contributed by atoms with Crippen molar-refractivity contribution < 1.29 is 23.4 Å². The highest BCUT2D eigenvalue weighted by Gasteiger charge is 2.47. The molecule has 0 spiro atoms. The smallest absolute Gasteiger partial charge is 0.301 e. The number of nitrogen functional groups attached to an aromatic ring is 1. The van der Waals surface area contributed by atoms with E-state index in [0.29, 0.717) is 11.4 Å². The minimum absolute atomic E-state index is 0.0376. The number of likely N-dealkylation sites (tertiary alicyclic amines) is 1. The van der Waals surface area contributed by atoms with E-state index in [4.69, 9.17) is 15.6 Å². The van der Waals surface area contributed by atoms with E-state index >= 15 is 0 Å². The summed E-state index contributed by atoms with van der Waals surface area (Å²) in [5.41, 5.74) is 7.18. The maximum atomic E-state index is 14.4. The second-order valence-corrected chi connectivity index (χ2v) is 6.42. The van der Waals surface area contributed by atoms with E-state index < -0.39 is 31.1 Å². The molecule has 2 aromatic rings. The van der Waals surface area contributed by atoms with Crippen molar-refractivity contribution in [1.82, 2.24) is 9.88 Å². The maximum Gasteiger partial charge on any atom is 0.301 e. The molecule has 1 aromatic heterocycles. The molecule has 1 amide bonds. The molecule has 1 unspecified atom stereocenters. The van der Waals surface area contributed by atoms with Gasteiger partial charge in [0.1, 0.15) is 24.2 Å². The van der Waals surface area contributed by atoms with Crippen LogP contribution < -0.4 is 10.5 Å². The molecule has 0 saturated carbocycles. The number of nitrogens with two attached hydrogens (primary N) is 1. The average molecular weight is 388 g/mol. The van der Waals surface area contributed by atoms with Gasteiger partial charge < -0.3 is 20.5 Å². The van der Waals surface area contributed by atoms with Crippen LogP contribution in [0.25, 0.3) is 11.1 Å². The number of hydrogen-bond donors (Lipinski definition) is 2. The highest BCUT2D eigenvalue weighted by atomic mass is 19.3. The number of anilines is 1. The SMILES string of the molecule is N#Cc1cc(-c2ccnc(N)c2)ccc1OC1CCN(C(=O)CO)CC1(F)F. The number of aliphatic hydroxyl groups is 1. The summed E-state index contributed by atoms with van der Waals surface area (Å²) in [5, 5.41) is 18.3. The number of amides is 1. The number of halogens is 2. The zero-order valence-corrected chi connectivity index (χ0v) is 14.8. The quantitative estimate of drug-likeness (QED) is 0.826. The zero-order chi connectivity index (χ0) is 20.3. The van der Waals surface area contributed by atoms with Crippen molar-refractivity contribution in [2.45, 2.75) is 18.4 Å². The Balaban J connectivity index is 1.81. The zero-order valence-electron chi connectivity index (χ0n) is 14.8. The Morgan fingerprint density at radius 2 is 2.14 bits per heavy atom. The molecule has 0 radical (unpaired) electrons. The Kier molecular flexibility index (Phi) is 5.42. The third-order valence-corrected chi connectivity index (χ3v) is 4.51. The Bertz CT molecular complexity index is 930. The van der Waals surface area contributed by atoms with Crippen molar-refractivity contribution >= 4 is 11.7 Å². The first-order valence-corrected chi connectivity index (χ1v) is 8.53. The van der Waals surface area contributed by atoms with Crippen molar-refractivity contribution in [3.63, 3.8) is 0 Å². The third-order valence-electron chi connectivity index (χ3n) is 4.51. The highest BCUT2D eigenvalue weighted by molar-refractivity contribution is 5.77. The molecule has 2 heterocycles. The summed E-state index contributed by atoms with van der Waals surface area (Å²) in [6.07, 6.45) is -0.0696. The summed E-state index contributed by atoms with van der Waals surface area (Å²) < 4.78 is 34.3. The molecular weight excluding hydrogens is 370 g/mol. The number of nitriles is 1. The topological polar surface area (TPSA) is 112 Å². The molecule has 0 bridgehead atoms. The van der Waals surface area contributed by atoms with Crippen molar-refractivity contribution in [2.24, 2.45) is 0 Å². The van der Waals surface area contributed by atoms with Crippen LogP contribution in [0.1, 0.15) is 12.0 Å². The van der Waals surface area contributed by atoms with Gasteiger partial charge in [0.15, 0.2) is 6.10 Å². The lowest BCUT2D eigenvalue weighted by atomic mass is 10.0. The summed E-state index contributed by atoms with van der Waals surface area (Å²) in [5.74, 6) is -3.70. The predicted molar refractivity (Wildman–Crippen MR) is 96.4 cm³/mol. The average Bonchev–Trinajstić information content (AvgIpc) is 2.68. The summed E-state index contributed by atoms with van der Waals surface area (Å²) in [6.45, 7) is -1.62. The molecule has 28 heavy (non-hydrogen) atoms. The second kappa shape index (κ2) is 7.78. The number of carbonyl (C=O) groups excluding carboxylic acids is 1. The van der Waals surface area contributed by atoms with Crippen LogP contribution in [0.5, 0.6) is 5.75 Å². The van der Waals surface area contributed by atoms with Crippen molar-refractivity contribution in [2.75, 3.05) is 25.4 Å². The van der Waals surface area contributed by atoms with Gasteiger partial charge in [-0.3, -0.25) is 4.79 Å². The fraction of sp³-hybridized carbons (Fsp3) is 0.316. The molecule has 7 nitrogen and oxygen atoms in total. The van der Waals surface area contributed by atoms with Crippen molar-refractivity contribution in [3.05, 3.63) is 42.1 Å². The Hall–Kier alpha value is -3.25. The number of ether oxygens (including phenoxy) is 1. The van der Waals surface area contributed by atoms with Gasteiger partial charge in [-0.05, 0) is 35.4 Å². The predicted octanol–water partition coefficient (Wildman–Crippen LogP) is 1.81. The lowest BCUT2D eigenvalue weighted by Crippen LogP contribution is -2.55. The molecule has 1 aliphatic heterocycles. The normalized spacial score (nSPS) is 18.4. The van der Waals surface area contributed by atoms with Gasteiger partial charge in [0.2, 0.25) is 5.91 Å². The van der Waals surface area contributed by atoms with Gasteiger partial charge >= 0.3 is 5.92 Å². The van der Waals surface area contributed by atoms with Gasteiger partial charge in [0.25, 0.3) is 0 Å². The number of alkyl halides is 2. The van der Waals surface area contributed by atoms with Crippen LogP contribution >= 0.6 is 0 Å². The molecule has 1 saturated heterocycles. The monoisotopic (exact) mass is 388 g/mol. The lowest BCUT2D eigenvalue weighted by Gasteiger charge is -2.38. The van der Waals surface area contributed by atoms with Gasteiger partial charge in [-0.2, -0.15) is 5.26 Å². The number of benzene rings is 1. The first-order valence-electron chi connectivity index (χ1n) is 8.53. The van der Waals surface area contributed by atoms with Gasteiger partial charge in [-0.25, -0.2) is 13.8 Å². The maximum absolute atomic E-state index is 14.4. The van der Waals surface area contributed by atoms with Crippen LogP contribution in [0.3, 0.4) is 0 Å². The van der Waals surface area contributed by atoms with E-state index in [1.54, 1.807) is 18.2 Å². The van der Waals surface area contributed by atoms with Gasteiger partial charge in [0.05, 0.1) is 12.1 Å². The van der Waals surface area contributed by atoms with Gasteiger partial charge in [-0.15, -0.1) is 0 Å². The highest BCUT2D eigenvalue weighted by Crippen LogP contribution is 2.34. The Labute approximate surface area is 160 Å². The van der Waals surface area contributed by atoms with E-state index in [1.165, 1.54) is 18.3 Å². The van der Waals surface area contributed by atoms with Crippen molar-refractivity contribution in [1.29, 1.82) is 5.26 Å². The molecule has 1 aromatic carbocycles.